The van der Waals surface area contributed by atoms with Crippen molar-refractivity contribution < 1.29 is 43.2 Å². The average molecular weight is 895 g/mol. The number of ketones is 1. The Bertz CT molecular complexity index is 2010. The van der Waals surface area contributed by atoms with Crippen LogP contribution in [0, 0.1) is 36.2 Å². The molecule has 0 saturated carbocycles. The Hall–Kier alpha value is -3.06. The molecule has 0 aliphatic carbocycles. The van der Waals surface area contributed by atoms with Gasteiger partial charge in [-0.05, 0) is 71.5 Å². The summed E-state index contributed by atoms with van der Waals surface area (Å²) in [5.41, 5.74) is 1.72. The molecule has 0 saturated heterocycles. The Morgan fingerprint density at radius 2 is 1.39 bits per heavy atom. The zero-order valence-electron chi connectivity index (χ0n) is 31.5. The maximum absolute atomic E-state index is 13.4. The van der Waals surface area contributed by atoms with E-state index in [1.54, 1.807) is 0 Å². The van der Waals surface area contributed by atoms with Crippen molar-refractivity contribution in [2.24, 2.45) is 16.2 Å². The molecule has 51 heavy (non-hydrogen) atoms. The fourth-order valence-corrected chi connectivity index (χ4v) is 7.58. The fraction of sp³-hybridized carbons (Fsp3) is 0.442. The van der Waals surface area contributed by atoms with Crippen LogP contribution in [0.25, 0.3) is 42.9 Å². The molecule has 0 spiro atoms. The first-order valence-corrected chi connectivity index (χ1v) is 18.4. The Labute approximate surface area is 319 Å². The molecule has 0 atom stereocenters. The van der Waals surface area contributed by atoms with Crippen LogP contribution < -0.4 is 0 Å². The number of hydrogen-bond acceptors (Lipinski definition) is 4. The molecular weight excluding hydrogens is 844 g/mol. The number of allylic oxidation sites excluding steroid dienone is 2. The van der Waals surface area contributed by atoms with E-state index in [0.717, 1.165) is 84.6 Å². The summed E-state index contributed by atoms with van der Waals surface area (Å²) in [7, 11) is 0. The number of nitrogens with zero attached hydrogens (tertiary/aromatic N) is 1. The molecule has 277 valence electrons. The van der Waals surface area contributed by atoms with Gasteiger partial charge in [-0.1, -0.05) is 93.5 Å². The van der Waals surface area contributed by atoms with E-state index in [1.165, 1.54) is 31.3 Å². The van der Waals surface area contributed by atoms with E-state index in [0.29, 0.717) is 0 Å². The third-order valence-electron chi connectivity index (χ3n) is 10.9. The van der Waals surface area contributed by atoms with Crippen LogP contribution in [-0.2, 0) is 31.3 Å². The van der Waals surface area contributed by atoms with E-state index < -0.39 is 11.6 Å². The number of fused-ring (bicyclic) bond motifs is 5. The van der Waals surface area contributed by atoms with Gasteiger partial charge in [0, 0.05) is 58.2 Å². The summed E-state index contributed by atoms with van der Waals surface area (Å²) in [4.78, 5) is 17.6. The molecule has 5 aromatic rings. The van der Waals surface area contributed by atoms with Gasteiger partial charge in [0.25, 0.3) is 0 Å². The first kappa shape index (κ1) is 42.4. The summed E-state index contributed by atoms with van der Waals surface area (Å²) >= 11 is 1.46. The Morgan fingerprint density at radius 1 is 0.824 bits per heavy atom. The van der Waals surface area contributed by atoms with Gasteiger partial charge < -0.3 is 10.1 Å². The van der Waals surface area contributed by atoms with Crippen LogP contribution >= 0.6 is 11.3 Å². The largest absolute Gasteiger partial charge is 0.512 e. The molecule has 0 bridgehead atoms. The van der Waals surface area contributed by atoms with Crippen molar-refractivity contribution in [1.82, 2.24) is 4.98 Å². The summed E-state index contributed by atoms with van der Waals surface area (Å²) in [6, 6.07) is 19.7. The Kier molecular flexibility index (Phi) is 13.5. The van der Waals surface area contributed by atoms with Gasteiger partial charge in [0.1, 0.15) is 5.76 Å². The molecule has 0 fully saturated rings. The van der Waals surface area contributed by atoms with Crippen molar-refractivity contribution in [2.75, 3.05) is 0 Å². The third kappa shape index (κ3) is 8.95. The normalized spacial score (nSPS) is 12.9. The number of aryl methyl sites for hydroxylation is 2. The molecule has 1 radical (unpaired) electrons. The van der Waals surface area contributed by atoms with E-state index in [-0.39, 0.29) is 48.9 Å². The van der Waals surface area contributed by atoms with Gasteiger partial charge in [-0.25, -0.2) is 0 Å². The second-order valence-corrected chi connectivity index (χ2v) is 16.0. The molecule has 0 amide bonds. The molecule has 2 heterocycles. The zero-order chi connectivity index (χ0) is 37.2. The van der Waals surface area contributed by atoms with Crippen LogP contribution in [0.5, 0.6) is 0 Å². The van der Waals surface area contributed by atoms with Crippen LogP contribution in [-0.4, -0.2) is 22.1 Å². The monoisotopic (exact) mass is 895 g/mol. The van der Waals surface area contributed by atoms with Crippen LogP contribution in [0.4, 0.5) is 13.2 Å². The number of alkyl halides is 3. The molecule has 3 aromatic carbocycles. The molecule has 1 N–H and O–H groups in total. The average Bonchev–Trinajstić information content (AvgIpc) is 3.48. The number of rotatable bonds is 10. The minimum Gasteiger partial charge on any atom is -0.512 e. The van der Waals surface area contributed by atoms with Gasteiger partial charge in [-0.2, -0.15) is 13.2 Å². The van der Waals surface area contributed by atoms with Gasteiger partial charge >= 0.3 is 6.18 Å². The van der Waals surface area contributed by atoms with Crippen molar-refractivity contribution in [3.05, 3.63) is 88.6 Å². The molecule has 8 heteroatoms. The predicted octanol–water partition coefficient (Wildman–Crippen LogP) is 13.5. The number of carbonyl (C=O) groups excluding carboxylic acids is 1. The van der Waals surface area contributed by atoms with Gasteiger partial charge in [-0.15, -0.1) is 46.2 Å². The van der Waals surface area contributed by atoms with Gasteiger partial charge in [0.15, 0.2) is 5.78 Å². The minimum absolute atomic E-state index is 0. The van der Waals surface area contributed by atoms with Gasteiger partial charge in [0.05, 0.1) is 5.41 Å². The predicted molar refractivity (Wildman–Crippen MR) is 205 cm³/mol. The molecule has 0 aliphatic heterocycles. The van der Waals surface area contributed by atoms with Crippen LogP contribution in [0.3, 0.4) is 0 Å². The maximum atomic E-state index is 13.4. The number of thiophene rings is 1. The summed E-state index contributed by atoms with van der Waals surface area (Å²) < 4.78 is 41.3. The minimum atomic E-state index is -4.24. The molecule has 5 rings (SSSR count). The van der Waals surface area contributed by atoms with Crippen molar-refractivity contribution in [3.63, 3.8) is 0 Å². The summed E-state index contributed by atoms with van der Waals surface area (Å²) in [5.74, 6) is 0.286. The van der Waals surface area contributed by atoms with Crippen molar-refractivity contribution in [3.8, 4) is 11.3 Å². The second kappa shape index (κ2) is 16.3. The topological polar surface area (TPSA) is 50.2 Å². The van der Waals surface area contributed by atoms with Crippen molar-refractivity contribution in [1.29, 1.82) is 0 Å². The SMILES string of the molecule is CCC(C)(CC)C(=O)/C=C(\O)C(C)(CC)CC.Cc1[c-]c(-c2nccc3c2ccc2c3ccc3cc(CC(C)(C)C(F)(F)F)sc32)cc(C)c1.[Ir]. The molecule has 3 nitrogen and oxygen atoms in total. The van der Waals surface area contributed by atoms with Crippen LogP contribution in [0.2, 0.25) is 0 Å². The standard InChI is InChI=1S/C28H23F3NS.C15H28O2.Ir/c1-16-11-17(2)13-19(12-16)25-23-7-8-24-21(22(23)9-10-32-25)6-5-18-14-20(33-26(18)24)15-27(3,4)28(29,30)31;1-7-14(5,8-2)12(16)11-13(17)15(6,9-3)10-4;/h5-12,14H,15H2,1-4H3;11,16H,7-10H2,1-6H3;/q-1;;/b;12-11-;. The van der Waals surface area contributed by atoms with Crippen LogP contribution in [0.1, 0.15) is 97.1 Å². The van der Waals surface area contributed by atoms with E-state index in [4.69, 9.17) is 0 Å². The quantitative estimate of drug-likeness (QED) is 0.0658. The number of carbonyl (C=O) groups is 1. The smallest absolute Gasteiger partial charge is 0.394 e. The number of halogens is 3. The number of benzene rings is 3. The number of hydrogen-bond donors (Lipinski definition) is 1. The van der Waals surface area contributed by atoms with E-state index in [9.17, 15) is 23.1 Å². The Balaban J connectivity index is 0.000000335. The molecule has 2 aromatic heterocycles. The summed E-state index contributed by atoms with van der Waals surface area (Å²) in [5, 5.41) is 15.4. The first-order chi connectivity index (χ1) is 23.3. The van der Waals surface area contributed by atoms with Crippen LogP contribution in [0.15, 0.2) is 66.6 Å². The van der Waals surface area contributed by atoms with Gasteiger partial charge in [0.2, 0.25) is 0 Å². The van der Waals surface area contributed by atoms with E-state index in [1.807, 2.05) is 72.9 Å². The van der Waals surface area contributed by atoms with Crippen molar-refractivity contribution in [2.45, 2.75) is 108 Å². The molecule has 0 unspecified atom stereocenters. The number of pyridine rings is 1. The second-order valence-electron chi connectivity index (χ2n) is 14.9. The first-order valence-electron chi connectivity index (χ1n) is 17.6. The zero-order valence-corrected chi connectivity index (χ0v) is 34.7. The van der Waals surface area contributed by atoms with Crippen molar-refractivity contribution >= 4 is 48.8 Å². The summed E-state index contributed by atoms with van der Waals surface area (Å²) in [6.07, 6.45) is 2.31. The van der Waals surface area contributed by atoms with E-state index >= 15 is 0 Å². The number of aliphatic hydroxyl groups is 1. The Morgan fingerprint density at radius 3 is 1.96 bits per heavy atom. The maximum Gasteiger partial charge on any atom is 0.394 e. The number of aliphatic hydroxyl groups excluding tert-OH is 1. The third-order valence-corrected chi connectivity index (χ3v) is 12.0. The van der Waals surface area contributed by atoms with Gasteiger partial charge in [-0.3, -0.25) is 4.79 Å². The molecular formula is C43H51F3IrNO2S-. The summed E-state index contributed by atoms with van der Waals surface area (Å²) in [6.45, 7) is 18.7. The molecule has 0 aliphatic rings. The van der Waals surface area contributed by atoms with E-state index in [2.05, 4.69) is 48.3 Å². The fourth-order valence-electron chi connectivity index (χ4n) is 6.17. The number of aromatic nitrogens is 1.